The van der Waals surface area contributed by atoms with E-state index in [-0.39, 0.29) is 17.9 Å². The van der Waals surface area contributed by atoms with E-state index < -0.39 is 0 Å². The first kappa shape index (κ1) is 23.6. The number of ether oxygens (including phenoxy) is 2. The van der Waals surface area contributed by atoms with Gasteiger partial charge in [-0.3, -0.25) is 9.69 Å². The Kier molecular flexibility index (Phi) is 7.47. The number of carbonyl (C=O) groups is 1. The summed E-state index contributed by atoms with van der Waals surface area (Å²) in [6.07, 6.45) is 0. The SMILES string of the molecule is COc1cc([C@@H]2SCC(=O)N2c2ccc(Cl)cc2)cc(Br)c1OCc1ccc(Cl)cc1Cl. The fourth-order valence-electron chi connectivity index (χ4n) is 3.36. The van der Waals surface area contributed by atoms with E-state index in [4.69, 9.17) is 44.3 Å². The van der Waals surface area contributed by atoms with Gasteiger partial charge in [-0.1, -0.05) is 40.9 Å². The third-order valence-corrected chi connectivity index (χ3v) is 7.54. The molecular weight excluding hydrogens is 557 g/mol. The third-order valence-electron chi connectivity index (χ3n) is 4.90. The molecule has 0 N–H and O–H groups in total. The fourth-order valence-corrected chi connectivity index (χ4v) is 5.68. The van der Waals surface area contributed by atoms with Crippen molar-refractivity contribution in [2.24, 2.45) is 0 Å². The number of amides is 1. The zero-order valence-electron chi connectivity index (χ0n) is 16.8. The predicted molar refractivity (Wildman–Crippen MR) is 136 cm³/mol. The van der Waals surface area contributed by atoms with Gasteiger partial charge in [-0.15, -0.1) is 11.8 Å². The second kappa shape index (κ2) is 10.1. The zero-order chi connectivity index (χ0) is 22.8. The van der Waals surface area contributed by atoms with Crippen LogP contribution in [-0.4, -0.2) is 18.8 Å². The van der Waals surface area contributed by atoms with E-state index in [9.17, 15) is 4.79 Å². The van der Waals surface area contributed by atoms with Crippen LogP contribution in [0.5, 0.6) is 11.5 Å². The molecule has 1 aliphatic heterocycles. The van der Waals surface area contributed by atoms with Gasteiger partial charge >= 0.3 is 0 Å². The number of rotatable bonds is 6. The Morgan fingerprint density at radius 2 is 1.78 bits per heavy atom. The van der Waals surface area contributed by atoms with E-state index >= 15 is 0 Å². The molecule has 0 unspecified atom stereocenters. The molecule has 0 aliphatic carbocycles. The molecule has 1 aliphatic rings. The molecule has 0 bridgehead atoms. The van der Waals surface area contributed by atoms with Gasteiger partial charge in [0.1, 0.15) is 12.0 Å². The van der Waals surface area contributed by atoms with Crippen molar-refractivity contribution in [3.05, 3.63) is 85.3 Å². The van der Waals surface area contributed by atoms with Gasteiger partial charge in [-0.2, -0.15) is 0 Å². The van der Waals surface area contributed by atoms with Crippen LogP contribution in [0.2, 0.25) is 15.1 Å². The highest BCUT2D eigenvalue weighted by Gasteiger charge is 2.35. The summed E-state index contributed by atoms with van der Waals surface area (Å²) >= 11 is 23.4. The minimum Gasteiger partial charge on any atom is -0.493 e. The van der Waals surface area contributed by atoms with Crippen molar-refractivity contribution >= 4 is 74.1 Å². The van der Waals surface area contributed by atoms with E-state index in [2.05, 4.69) is 15.9 Å². The number of halogens is 4. The van der Waals surface area contributed by atoms with Crippen LogP contribution in [0.3, 0.4) is 0 Å². The third kappa shape index (κ3) is 5.00. The first-order valence-electron chi connectivity index (χ1n) is 9.50. The number of anilines is 1. The highest BCUT2D eigenvalue weighted by molar-refractivity contribution is 9.10. The van der Waals surface area contributed by atoms with Crippen LogP contribution < -0.4 is 14.4 Å². The highest BCUT2D eigenvalue weighted by atomic mass is 79.9. The molecule has 0 radical (unpaired) electrons. The van der Waals surface area contributed by atoms with Gasteiger partial charge in [0.25, 0.3) is 0 Å². The van der Waals surface area contributed by atoms with Crippen LogP contribution >= 0.6 is 62.5 Å². The maximum absolute atomic E-state index is 12.6. The Morgan fingerprint density at radius 1 is 1.06 bits per heavy atom. The Morgan fingerprint density at radius 3 is 2.47 bits per heavy atom. The second-order valence-corrected chi connectivity index (χ2v) is 10.2. The lowest BCUT2D eigenvalue weighted by atomic mass is 10.1. The summed E-state index contributed by atoms with van der Waals surface area (Å²) < 4.78 is 12.4. The molecule has 166 valence electrons. The molecule has 1 atom stereocenters. The summed E-state index contributed by atoms with van der Waals surface area (Å²) in [7, 11) is 1.58. The van der Waals surface area contributed by atoms with Crippen LogP contribution in [0.1, 0.15) is 16.5 Å². The van der Waals surface area contributed by atoms with Crippen molar-refractivity contribution in [2.75, 3.05) is 17.8 Å². The lowest BCUT2D eigenvalue weighted by Crippen LogP contribution is -2.27. The number of hydrogen-bond acceptors (Lipinski definition) is 4. The number of thioether (sulfide) groups is 1. The summed E-state index contributed by atoms with van der Waals surface area (Å²) in [6.45, 7) is 0.248. The van der Waals surface area contributed by atoms with E-state index in [0.717, 1.165) is 16.8 Å². The average molecular weight is 574 g/mol. The van der Waals surface area contributed by atoms with Crippen molar-refractivity contribution in [1.29, 1.82) is 0 Å². The molecule has 1 heterocycles. The molecule has 4 rings (SSSR count). The first-order valence-corrected chi connectivity index (χ1v) is 12.5. The van der Waals surface area contributed by atoms with Gasteiger partial charge in [0.05, 0.1) is 17.3 Å². The van der Waals surface area contributed by atoms with Gasteiger partial charge in [-0.05, 0) is 70.0 Å². The summed E-state index contributed by atoms with van der Waals surface area (Å²) in [6, 6.07) is 16.3. The van der Waals surface area contributed by atoms with Crippen LogP contribution in [-0.2, 0) is 11.4 Å². The van der Waals surface area contributed by atoms with Gasteiger partial charge in [0.2, 0.25) is 5.91 Å². The first-order chi connectivity index (χ1) is 15.4. The largest absolute Gasteiger partial charge is 0.493 e. The molecule has 3 aromatic rings. The molecule has 0 spiro atoms. The molecule has 1 fully saturated rings. The quantitative estimate of drug-likeness (QED) is 0.302. The van der Waals surface area contributed by atoms with Crippen molar-refractivity contribution in [3.8, 4) is 11.5 Å². The molecule has 32 heavy (non-hydrogen) atoms. The van der Waals surface area contributed by atoms with Crippen LogP contribution in [0, 0.1) is 0 Å². The minimum absolute atomic E-state index is 0.0371. The summed E-state index contributed by atoms with van der Waals surface area (Å²) in [5, 5.41) is 1.52. The van der Waals surface area contributed by atoms with Crippen LogP contribution in [0.25, 0.3) is 0 Å². The van der Waals surface area contributed by atoms with Gasteiger partial charge in [-0.25, -0.2) is 0 Å². The molecule has 0 saturated carbocycles. The van der Waals surface area contributed by atoms with Crippen molar-refractivity contribution < 1.29 is 14.3 Å². The maximum Gasteiger partial charge on any atom is 0.238 e. The Bertz CT molecular complexity index is 1160. The Balaban J connectivity index is 1.62. The zero-order valence-corrected chi connectivity index (χ0v) is 21.5. The van der Waals surface area contributed by atoms with Crippen LogP contribution in [0.4, 0.5) is 5.69 Å². The summed E-state index contributed by atoms with van der Waals surface area (Å²) in [5.74, 6) is 1.53. The number of benzene rings is 3. The molecule has 3 aromatic carbocycles. The van der Waals surface area contributed by atoms with Crippen LogP contribution in [0.15, 0.2) is 59.1 Å². The lowest BCUT2D eigenvalue weighted by Gasteiger charge is -2.25. The Labute approximate surface area is 213 Å². The van der Waals surface area contributed by atoms with E-state index in [0.29, 0.717) is 36.8 Å². The van der Waals surface area contributed by atoms with Crippen molar-refractivity contribution in [2.45, 2.75) is 12.0 Å². The Hall–Kier alpha value is -1.57. The number of hydrogen-bond donors (Lipinski definition) is 0. The molecule has 0 aromatic heterocycles. The predicted octanol–water partition coefficient (Wildman–Crippen LogP) is 7.78. The molecule has 1 saturated heterocycles. The van der Waals surface area contributed by atoms with Crippen molar-refractivity contribution in [1.82, 2.24) is 0 Å². The lowest BCUT2D eigenvalue weighted by molar-refractivity contribution is -0.115. The second-order valence-electron chi connectivity index (χ2n) is 6.96. The van der Waals surface area contributed by atoms with Gasteiger partial charge in [0.15, 0.2) is 11.5 Å². The minimum atomic E-state index is -0.200. The summed E-state index contributed by atoms with van der Waals surface area (Å²) in [5.41, 5.74) is 2.51. The maximum atomic E-state index is 12.6. The van der Waals surface area contributed by atoms with E-state index in [1.165, 1.54) is 0 Å². The fraction of sp³-hybridized carbons (Fsp3) is 0.174. The summed E-state index contributed by atoms with van der Waals surface area (Å²) in [4.78, 5) is 14.4. The monoisotopic (exact) mass is 571 g/mol. The highest BCUT2D eigenvalue weighted by Crippen LogP contribution is 2.46. The topological polar surface area (TPSA) is 38.8 Å². The standard InChI is InChI=1S/C23H17BrCl3NO3S/c1-30-20-9-14(23-28(21(29)12-32-23)17-6-4-15(25)5-7-17)8-18(24)22(20)31-11-13-2-3-16(26)10-19(13)27/h2-10,23H,11-12H2,1H3/t23-/m0/s1. The molecular formula is C23H17BrCl3NO3S. The van der Waals surface area contributed by atoms with Gasteiger partial charge in [0, 0.05) is 26.3 Å². The van der Waals surface area contributed by atoms with E-state index in [1.807, 2.05) is 30.3 Å². The number of methoxy groups -OCH3 is 1. The molecule has 4 nitrogen and oxygen atoms in total. The van der Waals surface area contributed by atoms with E-state index in [1.54, 1.807) is 48.0 Å². The number of nitrogens with zero attached hydrogens (tertiary/aromatic N) is 1. The van der Waals surface area contributed by atoms with Crippen molar-refractivity contribution in [3.63, 3.8) is 0 Å². The molecule has 1 amide bonds. The normalized spacial score (nSPS) is 15.8. The average Bonchev–Trinajstić information content (AvgIpc) is 3.15. The molecule has 9 heteroatoms. The van der Waals surface area contributed by atoms with Gasteiger partial charge < -0.3 is 9.47 Å². The number of carbonyl (C=O) groups excluding carboxylic acids is 1. The smallest absolute Gasteiger partial charge is 0.238 e.